The molecule has 0 aromatic heterocycles. The quantitative estimate of drug-likeness (QED) is 0.459. The van der Waals surface area contributed by atoms with Crippen LogP contribution in [0, 0.1) is 5.92 Å². The minimum Gasteiger partial charge on any atom is -0.387 e. The van der Waals surface area contributed by atoms with Crippen molar-refractivity contribution in [2.45, 2.75) is 12.8 Å². The van der Waals surface area contributed by atoms with Gasteiger partial charge in [0.25, 0.3) is 0 Å². The minimum absolute atomic E-state index is 0.179. The summed E-state index contributed by atoms with van der Waals surface area (Å²) in [6, 6.07) is 0. The van der Waals surface area contributed by atoms with Gasteiger partial charge in [0.2, 0.25) is 0 Å². The van der Waals surface area contributed by atoms with Crippen LogP contribution >= 0.6 is 0 Å². The summed E-state index contributed by atoms with van der Waals surface area (Å²) in [6.07, 6.45) is 1.26. The third-order valence-corrected chi connectivity index (χ3v) is 3.95. The van der Waals surface area contributed by atoms with E-state index in [1.54, 1.807) is 7.05 Å². The highest BCUT2D eigenvalue weighted by molar-refractivity contribution is 7.91. The first-order valence-corrected chi connectivity index (χ1v) is 5.80. The number of hydrogen-bond donors (Lipinski definition) is 1. The minimum atomic E-state index is -2.77. The van der Waals surface area contributed by atoms with Crippen molar-refractivity contribution in [3.63, 3.8) is 0 Å². The van der Waals surface area contributed by atoms with E-state index in [2.05, 4.69) is 4.99 Å². The number of sulfone groups is 1. The summed E-state index contributed by atoms with van der Waals surface area (Å²) >= 11 is 0. The predicted molar refractivity (Wildman–Crippen MR) is 48.9 cm³/mol. The van der Waals surface area contributed by atoms with Gasteiger partial charge in [-0.25, -0.2) is 8.42 Å². The first-order valence-electron chi connectivity index (χ1n) is 3.98. The Bertz CT molecular complexity index is 268. The van der Waals surface area contributed by atoms with Crippen LogP contribution in [0.25, 0.3) is 0 Å². The monoisotopic (exact) mass is 190 g/mol. The van der Waals surface area contributed by atoms with Crippen LogP contribution in [0.3, 0.4) is 0 Å². The summed E-state index contributed by atoms with van der Waals surface area (Å²) in [7, 11) is -1.13. The molecular formula is C7H14N2O2S. The topological polar surface area (TPSA) is 72.5 Å². The molecule has 0 aliphatic carbocycles. The standard InChI is InChI=1S/C7H14N2O2S/c1-9-7(8)6-2-4-12(10,11)5-3-6/h6H,2-5H2,1H3,(H2,8,9). The van der Waals surface area contributed by atoms with Crippen molar-refractivity contribution >= 4 is 15.7 Å². The Labute approximate surface area is 72.8 Å². The van der Waals surface area contributed by atoms with Crippen molar-refractivity contribution in [3.05, 3.63) is 0 Å². The Morgan fingerprint density at radius 1 is 1.42 bits per heavy atom. The van der Waals surface area contributed by atoms with Gasteiger partial charge < -0.3 is 5.73 Å². The molecule has 1 aliphatic rings. The van der Waals surface area contributed by atoms with Crippen LogP contribution in [0.1, 0.15) is 12.8 Å². The largest absolute Gasteiger partial charge is 0.387 e. The van der Waals surface area contributed by atoms with Crippen LogP contribution < -0.4 is 5.73 Å². The maximum atomic E-state index is 11.0. The van der Waals surface area contributed by atoms with Crippen LogP contribution in [0.2, 0.25) is 0 Å². The third kappa shape index (κ3) is 2.20. The number of hydrogen-bond acceptors (Lipinski definition) is 3. The normalized spacial score (nSPS) is 25.6. The van der Waals surface area contributed by atoms with Crippen LogP contribution in [0.4, 0.5) is 0 Å². The van der Waals surface area contributed by atoms with Crippen molar-refractivity contribution in [2.75, 3.05) is 18.6 Å². The third-order valence-electron chi connectivity index (χ3n) is 2.23. The van der Waals surface area contributed by atoms with Crippen molar-refractivity contribution in [1.82, 2.24) is 0 Å². The number of nitrogens with two attached hydrogens (primary N) is 1. The van der Waals surface area contributed by atoms with Gasteiger partial charge in [-0.15, -0.1) is 0 Å². The fourth-order valence-electron chi connectivity index (χ4n) is 1.37. The van der Waals surface area contributed by atoms with E-state index in [1.807, 2.05) is 0 Å². The van der Waals surface area contributed by atoms with E-state index in [0.29, 0.717) is 18.7 Å². The van der Waals surface area contributed by atoms with Gasteiger partial charge in [0.15, 0.2) is 0 Å². The SMILES string of the molecule is CN=C(N)C1CCS(=O)(=O)CC1. The predicted octanol–water partition coefficient (Wildman–Crippen LogP) is -0.202. The highest BCUT2D eigenvalue weighted by Gasteiger charge is 2.25. The molecule has 0 aromatic rings. The van der Waals surface area contributed by atoms with E-state index in [1.165, 1.54) is 0 Å². The Balaban J connectivity index is 2.58. The second-order valence-electron chi connectivity index (χ2n) is 3.07. The molecule has 0 radical (unpaired) electrons. The summed E-state index contributed by atoms with van der Waals surface area (Å²) in [5.74, 6) is 1.28. The molecule has 1 heterocycles. The van der Waals surface area contributed by atoms with Crippen LogP contribution in [0.15, 0.2) is 4.99 Å². The number of nitrogens with zero attached hydrogens (tertiary/aromatic N) is 1. The van der Waals surface area contributed by atoms with Gasteiger partial charge in [0, 0.05) is 13.0 Å². The van der Waals surface area contributed by atoms with E-state index in [0.717, 1.165) is 0 Å². The molecule has 0 bridgehead atoms. The molecule has 2 N–H and O–H groups in total. The van der Waals surface area contributed by atoms with Gasteiger partial charge in [-0.3, -0.25) is 4.99 Å². The van der Waals surface area contributed by atoms with Crippen molar-refractivity contribution in [1.29, 1.82) is 0 Å². The average Bonchev–Trinajstić information content (AvgIpc) is 2.03. The van der Waals surface area contributed by atoms with E-state index in [-0.39, 0.29) is 17.4 Å². The fourth-order valence-corrected chi connectivity index (χ4v) is 2.86. The first-order chi connectivity index (χ1) is 5.55. The maximum absolute atomic E-state index is 11.0. The van der Waals surface area contributed by atoms with E-state index < -0.39 is 9.84 Å². The maximum Gasteiger partial charge on any atom is 0.150 e. The van der Waals surface area contributed by atoms with E-state index >= 15 is 0 Å². The lowest BCUT2D eigenvalue weighted by molar-refractivity contribution is 0.547. The highest BCUT2D eigenvalue weighted by Crippen LogP contribution is 2.18. The molecule has 0 amide bonds. The van der Waals surface area contributed by atoms with Gasteiger partial charge in [0.05, 0.1) is 17.3 Å². The van der Waals surface area contributed by atoms with Gasteiger partial charge in [-0.2, -0.15) is 0 Å². The highest BCUT2D eigenvalue weighted by atomic mass is 32.2. The van der Waals surface area contributed by atoms with Gasteiger partial charge >= 0.3 is 0 Å². The zero-order chi connectivity index (χ0) is 9.19. The van der Waals surface area contributed by atoms with Crippen molar-refractivity contribution < 1.29 is 8.42 Å². The zero-order valence-corrected chi connectivity index (χ0v) is 7.97. The lowest BCUT2D eigenvalue weighted by Crippen LogP contribution is -2.32. The summed E-state index contributed by atoms with van der Waals surface area (Å²) in [5.41, 5.74) is 5.59. The molecule has 70 valence electrons. The zero-order valence-electron chi connectivity index (χ0n) is 7.16. The summed E-state index contributed by atoms with van der Waals surface area (Å²) < 4.78 is 22.1. The Kier molecular flexibility index (Phi) is 2.72. The fraction of sp³-hybridized carbons (Fsp3) is 0.857. The van der Waals surface area contributed by atoms with Gasteiger partial charge in [-0.05, 0) is 12.8 Å². The molecular weight excluding hydrogens is 176 g/mol. The van der Waals surface area contributed by atoms with Crippen molar-refractivity contribution in [2.24, 2.45) is 16.6 Å². The van der Waals surface area contributed by atoms with Gasteiger partial charge in [0.1, 0.15) is 9.84 Å². The summed E-state index contributed by atoms with van der Waals surface area (Å²) in [4.78, 5) is 3.86. The molecule has 0 atom stereocenters. The Morgan fingerprint density at radius 3 is 2.33 bits per heavy atom. The summed E-state index contributed by atoms with van der Waals surface area (Å²) in [5, 5.41) is 0. The molecule has 12 heavy (non-hydrogen) atoms. The Hall–Kier alpha value is -0.580. The van der Waals surface area contributed by atoms with Crippen LogP contribution in [-0.2, 0) is 9.84 Å². The molecule has 5 heteroatoms. The second kappa shape index (κ2) is 3.43. The summed E-state index contributed by atoms with van der Waals surface area (Å²) in [6.45, 7) is 0. The van der Waals surface area contributed by atoms with E-state index in [4.69, 9.17) is 5.73 Å². The van der Waals surface area contributed by atoms with Crippen LogP contribution in [-0.4, -0.2) is 32.8 Å². The smallest absolute Gasteiger partial charge is 0.150 e. The molecule has 0 aromatic carbocycles. The molecule has 1 aliphatic heterocycles. The lowest BCUT2D eigenvalue weighted by atomic mass is 10.0. The number of amidine groups is 1. The lowest BCUT2D eigenvalue weighted by Gasteiger charge is -2.20. The first kappa shape index (κ1) is 9.51. The Morgan fingerprint density at radius 2 is 1.92 bits per heavy atom. The molecule has 1 rings (SSSR count). The van der Waals surface area contributed by atoms with Crippen LogP contribution in [0.5, 0.6) is 0 Å². The van der Waals surface area contributed by atoms with Crippen molar-refractivity contribution in [3.8, 4) is 0 Å². The number of aliphatic imine (C=N–C) groups is 1. The van der Waals surface area contributed by atoms with Gasteiger partial charge in [-0.1, -0.05) is 0 Å². The molecule has 0 saturated carbocycles. The number of rotatable bonds is 1. The second-order valence-corrected chi connectivity index (χ2v) is 5.38. The van der Waals surface area contributed by atoms with E-state index in [9.17, 15) is 8.42 Å². The molecule has 1 saturated heterocycles. The molecule has 0 spiro atoms. The molecule has 4 nitrogen and oxygen atoms in total. The molecule has 0 unspecified atom stereocenters. The average molecular weight is 190 g/mol. The molecule has 1 fully saturated rings.